The molecule has 146 valence electrons. The van der Waals surface area contributed by atoms with E-state index in [2.05, 4.69) is 11.4 Å². The minimum atomic E-state index is -0.397. The van der Waals surface area contributed by atoms with Crippen LogP contribution < -0.4 is 5.32 Å². The van der Waals surface area contributed by atoms with Gasteiger partial charge in [0.25, 0.3) is 5.91 Å². The van der Waals surface area contributed by atoms with Gasteiger partial charge in [-0.15, -0.1) is 22.7 Å². The van der Waals surface area contributed by atoms with Crippen LogP contribution >= 0.6 is 22.7 Å². The number of aryl methyl sites for hydroxylation is 2. The van der Waals surface area contributed by atoms with E-state index in [-0.39, 0.29) is 5.57 Å². The number of carbonyl (C=O) groups excluding carboxylic acids is 1. The van der Waals surface area contributed by atoms with Crippen LogP contribution in [0, 0.1) is 50.4 Å². The van der Waals surface area contributed by atoms with Crippen molar-refractivity contribution >= 4 is 34.7 Å². The number of carbonyl (C=O) groups is 1. The van der Waals surface area contributed by atoms with Crippen molar-refractivity contribution in [2.75, 3.05) is 0 Å². The van der Waals surface area contributed by atoms with Crippen LogP contribution in [-0.2, 0) is 11.3 Å². The van der Waals surface area contributed by atoms with Crippen LogP contribution in [0.5, 0.6) is 0 Å². The van der Waals surface area contributed by atoms with Gasteiger partial charge in [0.1, 0.15) is 22.7 Å². The molecule has 0 unspecified atom stereocenters. The van der Waals surface area contributed by atoms with E-state index in [1.807, 2.05) is 61.9 Å². The number of nitrogens with one attached hydrogen (secondary N) is 1. The van der Waals surface area contributed by atoms with Gasteiger partial charge < -0.3 is 9.88 Å². The Hall–Kier alpha value is -3.13. The third-order valence-corrected chi connectivity index (χ3v) is 6.89. The van der Waals surface area contributed by atoms with Crippen LogP contribution in [0.1, 0.15) is 37.8 Å². The third-order valence-electron chi connectivity index (χ3n) is 4.82. The Balaban J connectivity index is 1.95. The highest BCUT2D eigenvalue weighted by Gasteiger charge is 2.19. The Morgan fingerprint density at radius 2 is 2.03 bits per heavy atom. The molecular weight excluding hydrogens is 400 g/mol. The summed E-state index contributed by atoms with van der Waals surface area (Å²) in [7, 11) is 0. The van der Waals surface area contributed by atoms with Crippen molar-refractivity contribution in [1.82, 2.24) is 9.88 Å². The predicted octanol–water partition coefficient (Wildman–Crippen LogP) is 4.93. The van der Waals surface area contributed by atoms with Gasteiger partial charge in [-0.2, -0.15) is 10.5 Å². The van der Waals surface area contributed by atoms with Gasteiger partial charge in [-0.1, -0.05) is 6.07 Å². The van der Waals surface area contributed by atoms with Crippen molar-refractivity contribution in [3.05, 3.63) is 67.0 Å². The van der Waals surface area contributed by atoms with E-state index in [0.717, 1.165) is 37.3 Å². The van der Waals surface area contributed by atoms with Gasteiger partial charge in [-0.25, -0.2) is 0 Å². The lowest BCUT2D eigenvalue weighted by Gasteiger charge is -2.08. The van der Waals surface area contributed by atoms with Crippen LogP contribution in [0.15, 0.2) is 29.2 Å². The van der Waals surface area contributed by atoms with E-state index in [0.29, 0.717) is 12.1 Å². The fraction of sp³-hybridized carbons (Fsp3) is 0.227. The van der Waals surface area contributed by atoms with Crippen LogP contribution in [0.2, 0.25) is 0 Å². The molecule has 0 saturated carbocycles. The number of hydrogen-bond donors (Lipinski definition) is 1. The first-order valence-corrected chi connectivity index (χ1v) is 10.7. The second-order valence-electron chi connectivity index (χ2n) is 6.67. The van der Waals surface area contributed by atoms with E-state index in [9.17, 15) is 15.3 Å². The minimum absolute atomic E-state index is 0.0563. The molecule has 0 spiro atoms. The molecule has 0 aliphatic heterocycles. The van der Waals surface area contributed by atoms with Crippen LogP contribution in [0.25, 0.3) is 11.1 Å². The van der Waals surface area contributed by atoms with E-state index in [1.54, 1.807) is 28.7 Å². The number of thiophene rings is 2. The van der Waals surface area contributed by atoms with Crippen molar-refractivity contribution in [2.45, 2.75) is 34.2 Å². The highest BCUT2D eigenvalue weighted by atomic mass is 32.1. The average Bonchev–Trinajstić information content (AvgIpc) is 3.38. The van der Waals surface area contributed by atoms with Gasteiger partial charge in [-0.05, 0) is 62.4 Å². The molecule has 0 bridgehead atoms. The smallest absolute Gasteiger partial charge is 0.262 e. The summed E-state index contributed by atoms with van der Waals surface area (Å²) in [5.74, 6) is -0.397. The SMILES string of the molecule is Cc1sc(-n2c(C)cc(/C=C(\C#N)C(=O)NCc3cccs3)c2C)c(C#N)c1C. The molecule has 0 fully saturated rings. The minimum Gasteiger partial charge on any atom is -0.347 e. The zero-order valence-corrected chi connectivity index (χ0v) is 18.3. The molecule has 0 aromatic carbocycles. The van der Waals surface area contributed by atoms with E-state index >= 15 is 0 Å². The maximum Gasteiger partial charge on any atom is 0.262 e. The molecule has 3 rings (SSSR count). The summed E-state index contributed by atoms with van der Waals surface area (Å²) >= 11 is 3.13. The summed E-state index contributed by atoms with van der Waals surface area (Å²) in [4.78, 5) is 14.6. The molecule has 5 nitrogen and oxygen atoms in total. The molecule has 0 atom stereocenters. The maximum absolute atomic E-state index is 12.5. The number of amides is 1. The average molecular weight is 421 g/mol. The highest BCUT2D eigenvalue weighted by Crippen LogP contribution is 2.33. The monoisotopic (exact) mass is 420 g/mol. The second kappa shape index (κ2) is 8.48. The molecule has 29 heavy (non-hydrogen) atoms. The van der Waals surface area contributed by atoms with Gasteiger partial charge in [0.15, 0.2) is 0 Å². The number of nitriles is 2. The fourth-order valence-corrected chi connectivity index (χ4v) is 4.99. The van der Waals surface area contributed by atoms with Gasteiger partial charge in [0, 0.05) is 21.1 Å². The topological polar surface area (TPSA) is 81.6 Å². The molecule has 0 saturated heterocycles. The quantitative estimate of drug-likeness (QED) is 0.469. The molecular formula is C22H20N4OS2. The van der Waals surface area contributed by atoms with Crippen molar-refractivity contribution in [3.63, 3.8) is 0 Å². The molecule has 0 aliphatic rings. The number of nitrogens with zero attached hydrogens (tertiary/aromatic N) is 3. The predicted molar refractivity (Wildman–Crippen MR) is 117 cm³/mol. The van der Waals surface area contributed by atoms with E-state index in [4.69, 9.17) is 0 Å². The molecule has 3 heterocycles. The number of rotatable bonds is 5. The summed E-state index contributed by atoms with van der Waals surface area (Å²) < 4.78 is 2.02. The molecule has 0 aliphatic carbocycles. The molecule has 0 radical (unpaired) electrons. The largest absolute Gasteiger partial charge is 0.347 e. The summed E-state index contributed by atoms with van der Waals surface area (Å²) in [6, 6.07) is 10.1. The number of hydrogen-bond acceptors (Lipinski definition) is 5. The van der Waals surface area contributed by atoms with Crippen molar-refractivity contribution < 1.29 is 4.79 Å². The first-order valence-electron chi connectivity index (χ1n) is 8.99. The zero-order chi connectivity index (χ0) is 21.1. The first-order chi connectivity index (χ1) is 13.9. The van der Waals surface area contributed by atoms with Crippen molar-refractivity contribution in [3.8, 4) is 17.1 Å². The molecule has 1 N–H and O–H groups in total. The summed E-state index contributed by atoms with van der Waals surface area (Å²) in [5, 5.41) is 24.7. The lowest BCUT2D eigenvalue weighted by molar-refractivity contribution is -0.117. The standard InChI is InChI=1S/C22H20N4OS2/c1-13-8-17(9-18(10-23)21(27)25-12-19-6-5-7-28-19)15(3)26(13)22-20(11-24)14(2)16(4)29-22/h5-9H,12H2,1-4H3,(H,25,27)/b18-9+. The molecule has 1 amide bonds. The third kappa shape index (κ3) is 4.02. The summed E-state index contributed by atoms with van der Waals surface area (Å²) in [6.07, 6.45) is 1.61. The Labute approximate surface area is 178 Å². The van der Waals surface area contributed by atoms with Crippen LogP contribution in [0.4, 0.5) is 0 Å². The highest BCUT2D eigenvalue weighted by molar-refractivity contribution is 7.15. The normalized spacial score (nSPS) is 11.2. The van der Waals surface area contributed by atoms with E-state index in [1.165, 1.54) is 0 Å². The fourth-order valence-electron chi connectivity index (χ4n) is 3.12. The van der Waals surface area contributed by atoms with Crippen molar-refractivity contribution in [2.24, 2.45) is 0 Å². The Bertz CT molecular complexity index is 1180. The van der Waals surface area contributed by atoms with Crippen LogP contribution in [-0.4, -0.2) is 10.5 Å². The van der Waals surface area contributed by atoms with E-state index < -0.39 is 5.91 Å². The van der Waals surface area contributed by atoms with Gasteiger partial charge >= 0.3 is 0 Å². The number of aromatic nitrogens is 1. The maximum atomic E-state index is 12.5. The molecule has 3 aromatic rings. The van der Waals surface area contributed by atoms with Gasteiger partial charge in [0.05, 0.1) is 12.1 Å². The Morgan fingerprint density at radius 1 is 1.28 bits per heavy atom. The summed E-state index contributed by atoms with van der Waals surface area (Å²) in [6.45, 7) is 8.25. The first kappa shape index (κ1) is 20.6. The Morgan fingerprint density at radius 3 is 2.66 bits per heavy atom. The van der Waals surface area contributed by atoms with Gasteiger partial charge in [0.2, 0.25) is 0 Å². The van der Waals surface area contributed by atoms with Crippen LogP contribution in [0.3, 0.4) is 0 Å². The second-order valence-corrected chi connectivity index (χ2v) is 8.90. The lowest BCUT2D eigenvalue weighted by Crippen LogP contribution is -2.23. The molecule has 7 heteroatoms. The zero-order valence-electron chi connectivity index (χ0n) is 16.7. The summed E-state index contributed by atoms with van der Waals surface area (Å²) in [5.41, 5.74) is 4.34. The van der Waals surface area contributed by atoms with Crippen molar-refractivity contribution in [1.29, 1.82) is 10.5 Å². The Kier molecular flexibility index (Phi) is 6.03. The lowest BCUT2D eigenvalue weighted by atomic mass is 10.1. The molecule has 3 aromatic heterocycles. The van der Waals surface area contributed by atoms with Gasteiger partial charge in [-0.3, -0.25) is 4.79 Å².